The Kier molecular flexibility index (Phi) is 4.22. The zero-order valence-corrected chi connectivity index (χ0v) is 11.6. The van der Waals surface area contributed by atoms with Gasteiger partial charge in [-0.25, -0.2) is 4.79 Å². The normalized spacial score (nSPS) is 11.7. The molecule has 0 aliphatic carbocycles. The van der Waals surface area contributed by atoms with Gasteiger partial charge < -0.3 is 15.2 Å². The fourth-order valence-electron chi connectivity index (χ4n) is 1.72. The lowest BCUT2D eigenvalue weighted by molar-refractivity contribution is -0.140. The molecule has 0 aliphatic rings. The summed E-state index contributed by atoms with van der Waals surface area (Å²) in [5, 5.41) is 15.5. The van der Waals surface area contributed by atoms with Crippen LogP contribution < -0.4 is 10.1 Å². The van der Waals surface area contributed by atoms with E-state index >= 15 is 0 Å². The smallest absolute Gasteiger partial charge is 0.328 e. The molecule has 2 N–H and O–H groups in total. The standard InChI is InChI=1S/C14H15N3O4/c1-9(14(19)20)17-8-10(7-15-17)13(18)16-11-5-3-4-6-12(11)21-2/h3-9H,1-2H3,(H,16,18)(H,19,20). The Morgan fingerprint density at radius 1 is 1.38 bits per heavy atom. The third-order valence-corrected chi connectivity index (χ3v) is 2.97. The number of anilines is 1. The summed E-state index contributed by atoms with van der Waals surface area (Å²) >= 11 is 0. The summed E-state index contributed by atoms with van der Waals surface area (Å²) < 4.78 is 6.37. The Labute approximate surface area is 121 Å². The minimum absolute atomic E-state index is 0.272. The average molecular weight is 289 g/mol. The van der Waals surface area contributed by atoms with Gasteiger partial charge in [0, 0.05) is 6.20 Å². The molecule has 0 saturated carbocycles. The molecule has 2 rings (SSSR count). The van der Waals surface area contributed by atoms with Gasteiger partial charge in [-0.05, 0) is 19.1 Å². The first-order valence-corrected chi connectivity index (χ1v) is 6.24. The van der Waals surface area contributed by atoms with E-state index in [4.69, 9.17) is 9.84 Å². The second-order valence-corrected chi connectivity index (χ2v) is 4.38. The van der Waals surface area contributed by atoms with Gasteiger partial charge in [0.1, 0.15) is 11.8 Å². The lowest BCUT2D eigenvalue weighted by atomic mass is 10.2. The number of amides is 1. The summed E-state index contributed by atoms with van der Waals surface area (Å²) in [5.41, 5.74) is 0.804. The van der Waals surface area contributed by atoms with Crippen LogP contribution in [0.5, 0.6) is 5.75 Å². The number of nitrogens with one attached hydrogen (secondary N) is 1. The second-order valence-electron chi connectivity index (χ2n) is 4.38. The van der Waals surface area contributed by atoms with Gasteiger partial charge in [0.15, 0.2) is 0 Å². The predicted octanol–water partition coefficient (Wildman–Crippen LogP) is 1.79. The summed E-state index contributed by atoms with van der Waals surface area (Å²) in [7, 11) is 1.51. The molecule has 7 heteroatoms. The zero-order valence-electron chi connectivity index (χ0n) is 11.6. The number of nitrogens with zero attached hydrogens (tertiary/aromatic N) is 2. The molecule has 1 unspecified atom stereocenters. The van der Waals surface area contributed by atoms with Crippen molar-refractivity contribution in [3.63, 3.8) is 0 Å². The number of aliphatic carboxylic acids is 1. The van der Waals surface area contributed by atoms with Crippen LogP contribution in [0.2, 0.25) is 0 Å². The maximum absolute atomic E-state index is 12.1. The van der Waals surface area contributed by atoms with Crippen LogP contribution in [-0.2, 0) is 4.79 Å². The maximum atomic E-state index is 12.1. The van der Waals surface area contributed by atoms with Gasteiger partial charge in [-0.3, -0.25) is 9.48 Å². The van der Waals surface area contributed by atoms with E-state index in [-0.39, 0.29) is 11.5 Å². The number of benzene rings is 1. The Hall–Kier alpha value is -2.83. The van der Waals surface area contributed by atoms with Crippen LogP contribution in [0.3, 0.4) is 0 Å². The summed E-state index contributed by atoms with van der Waals surface area (Å²) in [6.45, 7) is 1.48. The summed E-state index contributed by atoms with van der Waals surface area (Å²) in [6, 6.07) is 6.17. The van der Waals surface area contributed by atoms with Crippen molar-refractivity contribution in [3.8, 4) is 5.75 Å². The molecule has 110 valence electrons. The molecule has 0 saturated heterocycles. The number of carboxylic acid groups (broad SMARTS) is 1. The lowest BCUT2D eigenvalue weighted by Gasteiger charge is -2.08. The van der Waals surface area contributed by atoms with E-state index in [9.17, 15) is 9.59 Å². The SMILES string of the molecule is COc1ccccc1NC(=O)c1cnn(C(C)C(=O)O)c1. The Morgan fingerprint density at radius 3 is 2.76 bits per heavy atom. The molecular formula is C14H15N3O4. The Balaban J connectivity index is 2.16. The highest BCUT2D eigenvalue weighted by atomic mass is 16.5. The first kappa shape index (κ1) is 14.6. The number of hydrogen-bond donors (Lipinski definition) is 2. The van der Waals surface area contributed by atoms with Crippen molar-refractivity contribution in [2.45, 2.75) is 13.0 Å². The van der Waals surface area contributed by atoms with Crippen molar-refractivity contribution in [2.24, 2.45) is 0 Å². The number of para-hydroxylation sites is 2. The van der Waals surface area contributed by atoms with Gasteiger partial charge in [-0.15, -0.1) is 0 Å². The molecule has 1 atom stereocenters. The summed E-state index contributed by atoms with van der Waals surface area (Å²) in [4.78, 5) is 23.0. The average Bonchev–Trinajstić information content (AvgIpc) is 2.96. The molecule has 1 aromatic heterocycles. The fraction of sp³-hybridized carbons (Fsp3) is 0.214. The van der Waals surface area contributed by atoms with E-state index in [0.29, 0.717) is 11.4 Å². The summed E-state index contributed by atoms with van der Waals surface area (Å²) in [5.74, 6) is -0.865. The van der Waals surface area contributed by atoms with E-state index in [1.165, 1.54) is 31.1 Å². The van der Waals surface area contributed by atoms with Crippen molar-refractivity contribution in [3.05, 3.63) is 42.2 Å². The van der Waals surface area contributed by atoms with Crippen molar-refractivity contribution in [1.29, 1.82) is 0 Å². The highest BCUT2D eigenvalue weighted by Crippen LogP contribution is 2.23. The number of carbonyl (C=O) groups excluding carboxylic acids is 1. The topological polar surface area (TPSA) is 93.5 Å². The molecule has 0 bridgehead atoms. The van der Waals surface area contributed by atoms with Crippen LogP contribution in [-0.4, -0.2) is 33.9 Å². The van der Waals surface area contributed by atoms with Gasteiger partial charge in [-0.1, -0.05) is 12.1 Å². The number of carboxylic acids is 1. The highest BCUT2D eigenvalue weighted by molar-refractivity contribution is 6.04. The summed E-state index contributed by atoms with van der Waals surface area (Å²) in [6.07, 6.45) is 2.72. The molecule has 0 aliphatic heterocycles. The van der Waals surface area contributed by atoms with E-state index in [1.54, 1.807) is 24.3 Å². The second kappa shape index (κ2) is 6.08. The third kappa shape index (κ3) is 3.19. The van der Waals surface area contributed by atoms with Gasteiger partial charge >= 0.3 is 5.97 Å². The monoisotopic (exact) mass is 289 g/mol. The minimum Gasteiger partial charge on any atom is -0.495 e. The van der Waals surface area contributed by atoms with E-state index < -0.39 is 12.0 Å². The van der Waals surface area contributed by atoms with E-state index in [1.807, 2.05) is 0 Å². The molecule has 1 aromatic carbocycles. The van der Waals surface area contributed by atoms with Gasteiger partial charge in [0.25, 0.3) is 5.91 Å². The molecule has 1 amide bonds. The number of ether oxygens (including phenoxy) is 1. The number of hydrogen-bond acceptors (Lipinski definition) is 4. The fourth-order valence-corrected chi connectivity index (χ4v) is 1.72. The third-order valence-electron chi connectivity index (χ3n) is 2.97. The van der Waals surface area contributed by atoms with Crippen LogP contribution >= 0.6 is 0 Å². The Bertz CT molecular complexity index is 666. The van der Waals surface area contributed by atoms with Crippen LogP contribution in [0.1, 0.15) is 23.3 Å². The molecule has 0 spiro atoms. The Morgan fingerprint density at radius 2 is 2.10 bits per heavy atom. The van der Waals surface area contributed by atoms with Crippen molar-refractivity contribution in [1.82, 2.24) is 9.78 Å². The molecule has 21 heavy (non-hydrogen) atoms. The molecule has 1 heterocycles. The van der Waals surface area contributed by atoms with Gasteiger partial charge in [0.2, 0.25) is 0 Å². The highest BCUT2D eigenvalue weighted by Gasteiger charge is 2.17. The quantitative estimate of drug-likeness (QED) is 0.875. The van der Waals surface area contributed by atoms with Crippen molar-refractivity contribution >= 4 is 17.6 Å². The lowest BCUT2D eigenvalue weighted by Crippen LogP contribution is -2.16. The molecule has 2 aromatic rings. The van der Waals surface area contributed by atoms with Gasteiger partial charge in [-0.2, -0.15) is 5.10 Å². The zero-order chi connectivity index (χ0) is 15.4. The van der Waals surface area contributed by atoms with Crippen LogP contribution in [0.4, 0.5) is 5.69 Å². The van der Waals surface area contributed by atoms with Crippen LogP contribution in [0.25, 0.3) is 0 Å². The first-order valence-electron chi connectivity index (χ1n) is 6.24. The van der Waals surface area contributed by atoms with Gasteiger partial charge in [0.05, 0.1) is 24.6 Å². The van der Waals surface area contributed by atoms with E-state index in [2.05, 4.69) is 10.4 Å². The molecular weight excluding hydrogens is 274 g/mol. The molecule has 0 radical (unpaired) electrons. The molecule has 0 fully saturated rings. The first-order chi connectivity index (χ1) is 10.0. The minimum atomic E-state index is -1.02. The maximum Gasteiger partial charge on any atom is 0.328 e. The number of methoxy groups -OCH3 is 1. The van der Waals surface area contributed by atoms with Crippen molar-refractivity contribution < 1.29 is 19.4 Å². The molecule has 7 nitrogen and oxygen atoms in total. The number of rotatable bonds is 5. The van der Waals surface area contributed by atoms with E-state index in [0.717, 1.165) is 0 Å². The van der Waals surface area contributed by atoms with Crippen LogP contribution in [0.15, 0.2) is 36.7 Å². The number of aromatic nitrogens is 2. The number of carbonyl (C=O) groups is 2. The van der Waals surface area contributed by atoms with Crippen LogP contribution in [0, 0.1) is 0 Å². The van der Waals surface area contributed by atoms with Crippen molar-refractivity contribution in [2.75, 3.05) is 12.4 Å². The largest absolute Gasteiger partial charge is 0.495 e. The predicted molar refractivity (Wildman–Crippen MR) is 75.5 cm³/mol.